The molecule has 0 fully saturated rings. The van der Waals surface area contributed by atoms with E-state index in [-0.39, 0.29) is 0 Å². The van der Waals surface area contributed by atoms with Crippen molar-refractivity contribution in [2.75, 3.05) is 33.8 Å². The summed E-state index contributed by atoms with van der Waals surface area (Å²) in [4.78, 5) is 2.28. The molecule has 0 aliphatic carbocycles. The fraction of sp³-hybridized carbons (Fsp3) is 0.538. The average molecular weight is 301 g/mol. The van der Waals surface area contributed by atoms with E-state index in [4.69, 9.17) is 4.74 Å². The molecule has 0 aromatic heterocycles. The number of rotatable bonds is 7. The summed E-state index contributed by atoms with van der Waals surface area (Å²) in [7, 11) is 3.84. The van der Waals surface area contributed by atoms with E-state index in [1.165, 1.54) is 5.56 Å². The number of halogens is 1. The molecule has 1 aromatic rings. The molecule has 4 heteroatoms. The SMILES string of the molecule is CCNCCN(C)Cc1cc(Br)ccc1OC. The maximum absolute atomic E-state index is 5.36. The van der Waals surface area contributed by atoms with Crippen LogP contribution in [0.3, 0.4) is 0 Å². The second-order valence-electron chi connectivity index (χ2n) is 4.05. The van der Waals surface area contributed by atoms with Crippen molar-refractivity contribution in [3.8, 4) is 5.75 Å². The van der Waals surface area contributed by atoms with Gasteiger partial charge in [-0.1, -0.05) is 22.9 Å². The minimum absolute atomic E-state index is 0.897. The Bertz CT molecular complexity index is 344. The second kappa shape index (κ2) is 7.69. The lowest BCUT2D eigenvalue weighted by atomic mass is 10.2. The van der Waals surface area contributed by atoms with E-state index in [0.717, 1.165) is 36.4 Å². The van der Waals surface area contributed by atoms with Crippen LogP contribution in [-0.2, 0) is 6.54 Å². The maximum Gasteiger partial charge on any atom is 0.123 e. The molecule has 0 spiro atoms. The van der Waals surface area contributed by atoms with Crippen LogP contribution in [0.15, 0.2) is 22.7 Å². The van der Waals surface area contributed by atoms with Gasteiger partial charge >= 0.3 is 0 Å². The van der Waals surface area contributed by atoms with Gasteiger partial charge in [-0.2, -0.15) is 0 Å². The van der Waals surface area contributed by atoms with E-state index in [0.29, 0.717) is 0 Å². The van der Waals surface area contributed by atoms with Crippen molar-refractivity contribution in [1.29, 1.82) is 0 Å². The van der Waals surface area contributed by atoms with Gasteiger partial charge in [0.15, 0.2) is 0 Å². The topological polar surface area (TPSA) is 24.5 Å². The highest BCUT2D eigenvalue weighted by molar-refractivity contribution is 9.10. The Kier molecular flexibility index (Phi) is 6.55. The summed E-state index contributed by atoms with van der Waals surface area (Å²) < 4.78 is 6.45. The smallest absolute Gasteiger partial charge is 0.123 e. The molecule has 0 saturated heterocycles. The van der Waals surface area contributed by atoms with Crippen LogP contribution in [-0.4, -0.2) is 38.7 Å². The standard InChI is InChI=1S/C13H21BrN2O/c1-4-15-7-8-16(2)10-11-9-12(14)5-6-13(11)17-3/h5-6,9,15H,4,7-8,10H2,1-3H3. The van der Waals surface area contributed by atoms with Gasteiger partial charge in [0.1, 0.15) is 5.75 Å². The molecule has 0 aliphatic rings. The molecule has 3 nitrogen and oxygen atoms in total. The molecule has 1 rings (SSSR count). The molecule has 96 valence electrons. The number of nitrogens with one attached hydrogen (secondary N) is 1. The molecule has 0 amide bonds. The molecule has 0 aliphatic heterocycles. The summed E-state index contributed by atoms with van der Waals surface area (Å²) in [6.07, 6.45) is 0. The molecule has 0 unspecified atom stereocenters. The molecule has 0 radical (unpaired) electrons. The zero-order chi connectivity index (χ0) is 12.7. The number of ether oxygens (including phenoxy) is 1. The molecule has 0 heterocycles. The van der Waals surface area contributed by atoms with E-state index < -0.39 is 0 Å². The fourth-order valence-electron chi connectivity index (χ4n) is 1.69. The lowest BCUT2D eigenvalue weighted by Gasteiger charge is -2.18. The Hall–Kier alpha value is -0.580. The predicted molar refractivity (Wildman–Crippen MR) is 75.6 cm³/mol. The highest BCUT2D eigenvalue weighted by Gasteiger charge is 2.06. The number of methoxy groups -OCH3 is 1. The average Bonchev–Trinajstić information content (AvgIpc) is 2.29. The van der Waals surface area contributed by atoms with Crippen molar-refractivity contribution in [2.45, 2.75) is 13.5 Å². The minimum Gasteiger partial charge on any atom is -0.496 e. The van der Waals surface area contributed by atoms with E-state index in [2.05, 4.69) is 46.2 Å². The van der Waals surface area contributed by atoms with Gasteiger partial charge in [0.25, 0.3) is 0 Å². The van der Waals surface area contributed by atoms with Gasteiger partial charge in [-0.05, 0) is 31.8 Å². The number of hydrogen-bond acceptors (Lipinski definition) is 3. The summed E-state index contributed by atoms with van der Waals surface area (Å²) in [5.41, 5.74) is 1.21. The highest BCUT2D eigenvalue weighted by atomic mass is 79.9. The largest absolute Gasteiger partial charge is 0.496 e. The van der Waals surface area contributed by atoms with Crippen LogP contribution in [0, 0.1) is 0 Å². The molecule has 0 bridgehead atoms. The van der Waals surface area contributed by atoms with Gasteiger partial charge in [-0.15, -0.1) is 0 Å². The fourth-order valence-corrected chi connectivity index (χ4v) is 2.10. The van der Waals surface area contributed by atoms with Crippen molar-refractivity contribution in [2.24, 2.45) is 0 Å². The Morgan fingerprint density at radius 2 is 2.18 bits per heavy atom. The summed E-state index contributed by atoms with van der Waals surface area (Å²) in [6.45, 7) is 6.09. The summed E-state index contributed by atoms with van der Waals surface area (Å²) in [5.74, 6) is 0.948. The Morgan fingerprint density at radius 1 is 1.41 bits per heavy atom. The molecular formula is C13H21BrN2O. The third-order valence-corrected chi connectivity index (χ3v) is 3.10. The van der Waals surface area contributed by atoms with Crippen molar-refractivity contribution in [3.05, 3.63) is 28.2 Å². The van der Waals surface area contributed by atoms with E-state index >= 15 is 0 Å². The summed E-state index contributed by atoms with van der Waals surface area (Å²) >= 11 is 3.49. The Labute approximate surface area is 112 Å². The quantitative estimate of drug-likeness (QED) is 0.783. The van der Waals surface area contributed by atoms with Gasteiger partial charge in [0, 0.05) is 29.7 Å². The van der Waals surface area contributed by atoms with Gasteiger partial charge in [-0.25, -0.2) is 0 Å². The third-order valence-electron chi connectivity index (χ3n) is 2.60. The van der Waals surface area contributed by atoms with Crippen LogP contribution in [0.4, 0.5) is 0 Å². The molecule has 0 atom stereocenters. The Morgan fingerprint density at radius 3 is 2.82 bits per heavy atom. The Balaban J connectivity index is 2.57. The number of benzene rings is 1. The van der Waals surface area contributed by atoms with Crippen LogP contribution in [0.2, 0.25) is 0 Å². The van der Waals surface area contributed by atoms with Crippen LogP contribution in [0.25, 0.3) is 0 Å². The highest BCUT2D eigenvalue weighted by Crippen LogP contribution is 2.23. The van der Waals surface area contributed by atoms with E-state index in [9.17, 15) is 0 Å². The maximum atomic E-state index is 5.36. The second-order valence-corrected chi connectivity index (χ2v) is 4.96. The zero-order valence-electron chi connectivity index (χ0n) is 10.8. The van der Waals surface area contributed by atoms with Gasteiger partial charge < -0.3 is 15.0 Å². The normalized spacial score (nSPS) is 10.9. The first-order valence-electron chi connectivity index (χ1n) is 5.89. The zero-order valence-corrected chi connectivity index (χ0v) is 12.4. The van der Waals surface area contributed by atoms with Gasteiger partial charge in [-0.3, -0.25) is 0 Å². The van der Waals surface area contributed by atoms with Crippen molar-refractivity contribution >= 4 is 15.9 Å². The number of nitrogens with zero attached hydrogens (tertiary/aromatic N) is 1. The summed E-state index contributed by atoms with van der Waals surface area (Å²) in [5, 5.41) is 3.32. The molecule has 1 aromatic carbocycles. The van der Waals surface area contributed by atoms with Crippen molar-refractivity contribution in [1.82, 2.24) is 10.2 Å². The van der Waals surface area contributed by atoms with Crippen LogP contribution in [0.1, 0.15) is 12.5 Å². The first-order valence-corrected chi connectivity index (χ1v) is 6.68. The molecule has 0 saturated carbocycles. The first kappa shape index (κ1) is 14.5. The minimum atomic E-state index is 0.897. The number of hydrogen-bond donors (Lipinski definition) is 1. The molecule has 1 N–H and O–H groups in total. The van der Waals surface area contributed by atoms with Crippen LogP contribution < -0.4 is 10.1 Å². The van der Waals surface area contributed by atoms with Crippen LogP contribution in [0.5, 0.6) is 5.75 Å². The first-order chi connectivity index (χ1) is 8.17. The monoisotopic (exact) mass is 300 g/mol. The van der Waals surface area contributed by atoms with E-state index in [1.807, 2.05) is 12.1 Å². The van der Waals surface area contributed by atoms with E-state index in [1.54, 1.807) is 7.11 Å². The van der Waals surface area contributed by atoms with Gasteiger partial charge in [0.05, 0.1) is 7.11 Å². The molecule has 17 heavy (non-hydrogen) atoms. The lowest BCUT2D eigenvalue weighted by molar-refractivity contribution is 0.316. The third kappa shape index (κ3) is 5.06. The molecular weight excluding hydrogens is 280 g/mol. The predicted octanol–water partition coefficient (Wildman–Crippen LogP) is 2.50. The van der Waals surface area contributed by atoms with Crippen molar-refractivity contribution in [3.63, 3.8) is 0 Å². The summed E-state index contributed by atoms with van der Waals surface area (Å²) in [6, 6.07) is 6.11. The number of likely N-dealkylation sites (N-methyl/N-ethyl adjacent to an activating group) is 2. The van der Waals surface area contributed by atoms with Gasteiger partial charge in [0.2, 0.25) is 0 Å². The van der Waals surface area contributed by atoms with Crippen molar-refractivity contribution < 1.29 is 4.74 Å². The van der Waals surface area contributed by atoms with Crippen LogP contribution >= 0.6 is 15.9 Å². The lowest BCUT2D eigenvalue weighted by Crippen LogP contribution is -2.28.